The van der Waals surface area contributed by atoms with Gasteiger partial charge in [0.25, 0.3) is 0 Å². The van der Waals surface area contributed by atoms with E-state index in [2.05, 4.69) is 43.1 Å². The van der Waals surface area contributed by atoms with Crippen molar-refractivity contribution in [3.05, 3.63) is 34.3 Å². The highest BCUT2D eigenvalue weighted by Gasteiger charge is 2.07. The van der Waals surface area contributed by atoms with Crippen molar-refractivity contribution in [1.29, 1.82) is 0 Å². The molecule has 1 rings (SSSR count). The normalized spacial score (nSPS) is 11.8. The molecule has 0 spiro atoms. The number of aliphatic imine (C=N–C) groups is 1. The van der Waals surface area contributed by atoms with Gasteiger partial charge in [-0.1, -0.05) is 28.1 Å². The minimum Gasteiger partial charge on any atom is -0.356 e. The van der Waals surface area contributed by atoms with Gasteiger partial charge in [-0.25, -0.2) is 13.1 Å². The van der Waals surface area contributed by atoms with Crippen LogP contribution in [0, 0.1) is 0 Å². The van der Waals surface area contributed by atoms with Crippen LogP contribution in [0.3, 0.4) is 0 Å². The van der Waals surface area contributed by atoms with Crippen molar-refractivity contribution < 1.29 is 8.42 Å². The Morgan fingerprint density at radius 1 is 1.25 bits per heavy atom. The first-order chi connectivity index (χ1) is 10.9. The van der Waals surface area contributed by atoms with Crippen molar-refractivity contribution in [1.82, 2.24) is 14.9 Å². The Bertz CT molecular complexity index is 608. The Hall–Kier alpha value is -0.390. The van der Waals surface area contributed by atoms with Gasteiger partial charge in [-0.15, -0.1) is 24.0 Å². The molecule has 0 aliphatic heterocycles. The fourth-order valence-corrected chi connectivity index (χ4v) is 2.87. The van der Waals surface area contributed by atoms with E-state index in [1.807, 2.05) is 24.1 Å². The summed E-state index contributed by atoms with van der Waals surface area (Å²) in [5.41, 5.74) is 1.19. The average molecular weight is 533 g/mol. The molecule has 0 aromatic heterocycles. The summed E-state index contributed by atoms with van der Waals surface area (Å²) in [6.45, 7) is 3.45. The fraction of sp³-hybridized carbons (Fsp3) is 0.533. The van der Waals surface area contributed by atoms with Gasteiger partial charge in [-0.05, 0) is 31.0 Å². The lowest BCUT2D eigenvalue weighted by molar-refractivity contribution is 0.475. The first-order valence-electron chi connectivity index (χ1n) is 7.51. The fourth-order valence-electron chi connectivity index (χ4n) is 1.94. The van der Waals surface area contributed by atoms with Gasteiger partial charge in [0.15, 0.2) is 5.96 Å². The zero-order valence-electron chi connectivity index (χ0n) is 14.3. The monoisotopic (exact) mass is 532 g/mol. The molecule has 6 nitrogen and oxygen atoms in total. The van der Waals surface area contributed by atoms with Gasteiger partial charge in [0, 0.05) is 38.2 Å². The van der Waals surface area contributed by atoms with Gasteiger partial charge in [0.05, 0.1) is 5.75 Å². The van der Waals surface area contributed by atoms with E-state index in [1.165, 1.54) is 5.56 Å². The predicted octanol–water partition coefficient (Wildman–Crippen LogP) is 2.40. The second-order valence-electron chi connectivity index (χ2n) is 5.11. The molecule has 0 fully saturated rings. The maximum absolute atomic E-state index is 11.3. The maximum atomic E-state index is 11.3. The lowest BCUT2D eigenvalue weighted by atomic mass is 10.2. The largest absolute Gasteiger partial charge is 0.356 e. The van der Waals surface area contributed by atoms with E-state index in [-0.39, 0.29) is 29.7 Å². The van der Waals surface area contributed by atoms with Gasteiger partial charge in [-0.3, -0.25) is 4.99 Å². The number of nitrogens with zero attached hydrogens (tertiary/aromatic N) is 2. The van der Waals surface area contributed by atoms with Crippen LogP contribution in [0.15, 0.2) is 33.7 Å². The molecule has 0 aliphatic rings. The van der Waals surface area contributed by atoms with Crippen LogP contribution < -0.4 is 10.0 Å². The zero-order valence-corrected chi connectivity index (χ0v) is 19.0. The topological polar surface area (TPSA) is 73.8 Å². The van der Waals surface area contributed by atoms with Crippen molar-refractivity contribution in [2.24, 2.45) is 4.99 Å². The number of rotatable bonds is 8. The van der Waals surface area contributed by atoms with Crippen molar-refractivity contribution in [2.75, 3.05) is 32.9 Å². The second kappa shape index (κ2) is 12.0. The molecule has 0 saturated carbocycles. The number of nitrogens with one attached hydrogen (secondary N) is 2. The van der Waals surface area contributed by atoms with Gasteiger partial charge >= 0.3 is 0 Å². The minimum atomic E-state index is -3.11. The highest BCUT2D eigenvalue weighted by molar-refractivity contribution is 14.0. The Morgan fingerprint density at radius 2 is 1.88 bits per heavy atom. The molecule has 0 bridgehead atoms. The Morgan fingerprint density at radius 3 is 2.42 bits per heavy atom. The van der Waals surface area contributed by atoms with Gasteiger partial charge in [0.2, 0.25) is 10.0 Å². The SMILES string of the molecule is CCS(=O)(=O)NCCCNC(=NC)N(C)Cc1ccc(Br)cc1.I. The molecule has 0 atom stereocenters. The summed E-state index contributed by atoms with van der Waals surface area (Å²) < 4.78 is 26.2. The minimum absolute atomic E-state index is 0. The van der Waals surface area contributed by atoms with Crippen molar-refractivity contribution in [3.8, 4) is 0 Å². The van der Waals surface area contributed by atoms with E-state index >= 15 is 0 Å². The van der Waals surface area contributed by atoms with Crippen molar-refractivity contribution in [2.45, 2.75) is 19.9 Å². The summed E-state index contributed by atoms with van der Waals surface area (Å²) in [4.78, 5) is 6.28. The van der Waals surface area contributed by atoms with Crippen LogP contribution in [0.4, 0.5) is 0 Å². The molecule has 0 amide bonds. The number of hydrogen-bond donors (Lipinski definition) is 2. The van der Waals surface area contributed by atoms with E-state index in [1.54, 1.807) is 14.0 Å². The number of guanidine groups is 1. The summed E-state index contributed by atoms with van der Waals surface area (Å²) in [6.07, 6.45) is 0.699. The molecule has 0 unspecified atom stereocenters. The van der Waals surface area contributed by atoms with Crippen LogP contribution in [-0.4, -0.2) is 52.2 Å². The summed E-state index contributed by atoms with van der Waals surface area (Å²) in [5.74, 6) is 0.893. The maximum Gasteiger partial charge on any atom is 0.211 e. The first kappa shape index (κ1) is 23.6. The van der Waals surface area contributed by atoms with Crippen LogP contribution in [0.1, 0.15) is 18.9 Å². The number of sulfonamides is 1. The Kier molecular flexibility index (Phi) is 11.8. The Labute approximate surface area is 170 Å². The van der Waals surface area contributed by atoms with Crippen LogP contribution in [-0.2, 0) is 16.6 Å². The quantitative estimate of drug-likeness (QED) is 0.233. The van der Waals surface area contributed by atoms with Crippen LogP contribution in [0.2, 0.25) is 0 Å². The number of benzene rings is 1. The number of hydrogen-bond acceptors (Lipinski definition) is 3. The molecule has 0 saturated heterocycles. The molecule has 1 aromatic carbocycles. The molecule has 24 heavy (non-hydrogen) atoms. The summed E-state index contributed by atoms with van der Waals surface area (Å²) >= 11 is 3.42. The van der Waals surface area contributed by atoms with Crippen LogP contribution >= 0.6 is 39.9 Å². The van der Waals surface area contributed by atoms with E-state index in [0.29, 0.717) is 19.5 Å². The van der Waals surface area contributed by atoms with E-state index in [9.17, 15) is 8.42 Å². The molecule has 0 aliphatic carbocycles. The second-order valence-corrected chi connectivity index (χ2v) is 8.12. The lowest BCUT2D eigenvalue weighted by Gasteiger charge is -2.22. The van der Waals surface area contributed by atoms with Crippen LogP contribution in [0.25, 0.3) is 0 Å². The average Bonchev–Trinajstić information content (AvgIpc) is 2.53. The molecule has 0 radical (unpaired) electrons. The third kappa shape index (κ3) is 9.19. The zero-order chi connectivity index (χ0) is 17.3. The molecular weight excluding hydrogens is 507 g/mol. The molecule has 138 valence electrons. The summed E-state index contributed by atoms with van der Waals surface area (Å²) in [7, 11) is 0.597. The van der Waals surface area contributed by atoms with Gasteiger partial charge < -0.3 is 10.2 Å². The Balaban J connectivity index is 0.00000529. The molecule has 2 N–H and O–H groups in total. The first-order valence-corrected chi connectivity index (χ1v) is 9.96. The third-order valence-corrected chi connectivity index (χ3v) is 5.18. The van der Waals surface area contributed by atoms with E-state index in [4.69, 9.17) is 0 Å². The third-order valence-electron chi connectivity index (χ3n) is 3.25. The molecule has 1 aromatic rings. The summed E-state index contributed by atoms with van der Waals surface area (Å²) in [5, 5.41) is 3.24. The molecular formula is C15H26BrIN4O2S. The van der Waals surface area contributed by atoms with Crippen molar-refractivity contribution in [3.63, 3.8) is 0 Å². The van der Waals surface area contributed by atoms with Gasteiger partial charge in [-0.2, -0.15) is 0 Å². The predicted molar refractivity (Wildman–Crippen MR) is 114 cm³/mol. The van der Waals surface area contributed by atoms with E-state index < -0.39 is 10.0 Å². The molecule has 0 heterocycles. The van der Waals surface area contributed by atoms with E-state index in [0.717, 1.165) is 17.0 Å². The standard InChI is InChI=1S/C15H25BrN4O2S.HI/c1-4-23(21,22)19-11-5-10-18-15(17-2)20(3)12-13-6-8-14(16)9-7-13;/h6-9,19H,4-5,10-12H2,1-3H3,(H,17,18);1H. The highest BCUT2D eigenvalue weighted by Crippen LogP contribution is 2.11. The lowest BCUT2D eigenvalue weighted by Crippen LogP contribution is -2.39. The summed E-state index contributed by atoms with van der Waals surface area (Å²) in [6, 6.07) is 8.15. The smallest absolute Gasteiger partial charge is 0.211 e. The number of halogens is 2. The van der Waals surface area contributed by atoms with Crippen LogP contribution in [0.5, 0.6) is 0 Å². The van der Waals surface area contributed by atoms with Gasteiger partial charge in [0.1, 0.15) is 0 Å². The molecule has 9 heteroatoms. The highest BCUT2D eigenvalue weighted by atomic mass is 127. The van der Waals surface area contributed by atoms with Crippen molar-refractivity contribution >= 4 is 55.9 Å².